The molecule has 1 heterocycles. The van der Waals surface area contributed by atoms with Crippen LogP contribution in [0.25, 0.3) is 0 Å². The largest absolute Gasteiger partial charge is 0.328 e. The summed E-state index contributed by atoms with van der Waals surface area (Å²) >= 11 is 0. The molecule has 2 N–H and O–H groups in total. The van der Waals surface area contributed by atoms with Crippen LogP contribution in [0, 0.1) is 17.8 Å². The number of piperidine rings is 1. The summed E-state index contributed by atoms with van der Waals surface area (Å²) in [4.78, 5) is 2.46. The maximum Gasteiger partial charge on any atom is 0.00389 e. The predicted molar refractivity (Wildman–Crippen MR) is 60.1 cm³/mol. The standard InChI is InChI=1S/C12H24N2/c1-9(13)11-7-12(8-11)10-3-5-14(2)6-4-10/h9-12H,3-8,13H2,1-2H3. The van der Waals surface area contributed by atoms with Crippen LogP contribution in [0.2, 0.25) is 0 Å². The van der Waals surface area contributed by atoms with E-state index in [4.69, 9.17) is 5.73 Å². The molecule has 1 unspecified atom stereocenters. The van der Waals surface area contributed by atoms with Gasteiger partial charge in [-0.3, -0.25) is 0 Å². The molecule has 1 aliphatic heterocycles. The van der Waals surface area contributed by atoms with Crippen LogP contribution in [0.15, 0.2) is 0 Å². The number of rotatable bonds is 2. The molecule has 2 rings (SSSR count). The Morgan fingerprint density at radius 3 is 2.21 bits per heavy atom. The maximum absolute atomic E-state index is 5.90. The Hall–Kier alpha value is -0.0800. The lowest BCUT2D eigenvalue weighted by Crippen LogP contribution is -2.43. The number of hydrogen-bond acceptors (Lipinski definition) is 2. The van der Waals surface area contributed by atoms with E-state index in [0.717, 1.165) is 17.8 Å². The van der Waals surface area contributed by atoms with Gasteiger partial charge in [-0.25, -0.2) is 0 Å². The van der Waals surface area contributed by atoms with E-state index in [1.54, 1.807) is 0 Å². The lowest BCUT2D eigenvalue weighted by molar-refractivity contribution is 0.0667. The van der Waals surface area contributed by atoms with Crippen LogP contribution in [0.3, 0.4) is 0 Å². The average molecular weight is 196 g/mol. The van der Waals surface area contributed by atoms with E-state index in [-0.39, 0.29) is 0 Å². The highest BCUT2D eigenvalue weighted by Crippen LogP contribution is 2.43. The second kappa shape index (κ2) is 4.19. The molecule has 2 aliphatic rings. The summed E-state index contributed by atoms with van der Waals surface area (Å²) in [5, 5.41) is 0. The number of hydrogen-bond donors (Lipinski definition) is 1. The molecular formula is C12H24N2. The van der Waals surface area contributed by atoms with Gasteiger partial charge in [0.1, 0.15) is 0 Å². The van der Waals surface area contributed by atoms with E-state index in [2.05, 4.69) is 18.9 Å². The summed E-state index contributed by atoms with van der Waals surface area (Å²) in [5.41, 5.74) is 5.90. The smallest absolute Gasteiger partial charge is 0.00389 e. The van der Waals surface area contributed by atoms with Gasteiger partial charge in [-0.15, -0.1) is 0 Å². The van der Waals surface area contributed by atoms with Crippen LogP contribution in [-0.4, -0.2) is 31.1 Å². The van der Waals surface area contributed by atoms with Crippen molar-refractivity contribution < 1.29 is 0 Å². The molecule has 2 fully saturated rings. The van der Waals surface area contributed by atoms with Gasteiger partial charge in [0.2, 0.25) is 0 Å². The fourth-order valence-electron chi connectivity index (χ4n) is 3.02. The van der Waals surface area contributed by atoms with Crippen LogP contribution in [0.1, 0.15) is 32.6 Å². The molecular weight excluding hydrogens is 172 g/mol. The van der Waals surface area contributed by atoms with Gasteiger partial charge in [-0.05, 0) is 70.5 Å². The molecule has 0 radical (unpaired) electrons. The molecule has 0 aromatic carbocycles. The molecule has 0 bridgehead atoms. The molecule has 82 valence electrons. The zero-order valence-electron chi connectivity index (χ0n) is 9.58. The summed E-state index contributed by atoms with van der Waals surface area (Å²) in [6, 6.07) is 0.428. The third-order valence-corrected chi connectivity index (χ3v) is 4.38. The molecule has 1 atom stereocenters. The van der Waals surface area contributed by atoms with Gasteiger partial charge >= 0.3 is 0 Å². The highest BCUT2D eigenvalue weighted by molar-refractivity contribution is 4.89. The molecule has 0 aromatic rings. The average Bonchev–Trinajstić information content (AvgIpc) is 2.05. The molecule has 0 amide bonds. The molecule has 2 heteroatoms. The van der Waals surface area contributed by atoms with Gasteiger partial charge < -0.3 is 10.6 Å². The Labute approximate surface area is 87.8 Å². The Balaban J connectivity index is 1.72. The molecule has 14 heavy (non-hydrogen) atoms. The van der Waals surface area contributed by atoms with Crippen LogP contribution >= 0.6 is 0 Å². The van der Waals surface area contributed by atoms with Gasteiger partial charge in [-0.1, -0.05) is 0 Å². The third kappa shape index (κ3) is 2.12. The lowest BCUT2D eigenvalue weighted by atomic mass is 9.64. The Morgan fingerprint density at radius 1 is 1.14 bits per heavy atom. The number of nitrogens with zero attached hydrogens (tertiary/aromatic N) is 1. The van der Waals surface area contributed by atoms with Gasteiger partial charge in [0.05, 0.1) is 0 Å². The zero-order chi connectivity index (χ0) is 10.1. The van der Waals surface area contributed by atoms with E-state index < -0.39 is 0 Å². The van der Waals surface area contributed by atoms with E-state index >= 15 is 0 Å². The van der Waals surface area contributed by atoms with Crippen LogP contribution in [0.5, 0.6) is 0 Å². The molecule has 0 spiro atoms. The fourth-order valence-corrected chi connectivity index (χ4v) is 3.02. The van der Waals surface area contributed by atoms with Crippen molar-refractivity contribution in [3.8, 4) is 0 Å². The first-order chi connectivity index (χ1) is 6.66. The van der Waals surface area contributed by atoms with Crippen LogP contribution < -0.4 is 5.73 Å². The van der Waals surface area contributed by atoms with Crippen molar-refractivity contribution in [2.75, 3.05) is 20.1 Å². The van der Waals surface area contributed by atoms with Crippen LogP contribution in [0.4, 0.5) is 0 Å². The first-order valence-electron chi connectivity index (χ1n) is 6.11. The Bertz CT molecular complexity index is 177. The first kappa shape index (κ1) is 10.4. The van der Waals surface area contributed by atoms with Crippen molar-refractivity contribution in [2.45, 2.75) is 38.6 Å². The highest BCUT2D eigenvalue weighted by atomic mass is 15.1. The normalized spacial score (nSPS) is 37.9. The summed E-state index contributed by atoms with van der Waals surface area (Å²) in [6.07, 6.45) is 5.66. The quantitative estimate of drug-likeness (QED) is 0.728. The monoisotopic (exact) mass is 196 g/mol. The molecule has 1 aliphatic carbocycles. The first-order valence-corrected chi connectivity index (χ1v) is 6.11. The Morgan fingerprint density at radius 2 is 1.71 bits per heavy atom. The van der Waals surface area contributed by atoms with E-state index in [9.17, 15) is 0 Å². The van der Waals surface area contributed by atoms with E-state index in [1.165, 1.54) is 38.8 Å². The van der Waals surface area contributed by atoms with Gasteiger partial charge in [0.25, 0.3) is 0 Å². The molecule has 1 saturated heterocycles. The molecule has 0 aromatic heterocycles. The van der Waals surface area contributed by atoms with E-state index in [1.807, 2.05) is 0 Å². The van der Waals surface area contributed by atoms with Crippen molar-refractivity contribution >= 4 is 0 Å². The third-order valence-electron chi connectivity index (χ3n) is 4.38. The number of nitrogens with two attached hydrogens (primary N) is 1. The number of likely N-dealkylation sites (tertiary alicyclic amines) is 1. The fraction of sp³-hybridized carbons (Fsp3) is 1.00. The maximum atomic E-state index is 5.90. The SMILES string of the molecule is CC(N)C1CC(C2CCN(C)CC2)C1. The van der Waals surface area contributed by atoms with Crippen LogP contribution in [-0.2, 0) is 0 Å². The summed E-state index contributed by atoms with van der Waals surface area (Å²) in [6.45, 7) is 4.78. The van der Waals surface area contributed by atoms with Gasteiger partial charge in [0.15, 0.2) is 0 Å². The minimum Gasteiger partial charge on any atom is -0.328 e. The summed E-state index contributed by atoms with van der Waals surface area (Å²) in [7, 11) is 2.24. The second-order valence-electron chi connectivity index (χ2n) is 5.49. The topological polar surface area (TPSA) is 29.3 Å². The van der Waals surface area contributed by atoms with Crippen molar-refractivity contribution in [1.29, 1.82) is 0 Å². The van der Waals surface area contributed by atoms with Crippen molar-refractivity contribution in [3.63, 3.8) is 0 Å². The predicted octanol–water partition coefficient (Wildman–Crippen LogP) is 1.70. The molecule has 1 saturated carbocycles. The van der Waals surface area contributed by atoms with Gasteiger partial charge in [0, 0.05) is 6.04 Å². The summed E-state index contributed by atoms with van der Waals surface area (Å²) < 4.78 is 0. The van der Waals surface area contributed by atoms with Crippen molar-refractivity contribution in [3.05, 3.63) is 0 Å². The van der Waals surface area contributed by atoms with Gasteiger partial charge in [-0.2, -0.15) is 0 Å². The van der Waals surface area contributed by atoms with Crippen molar-refractivity contribution in [2.24, 2.45) is 23.5 Å². The highest BCUT2D eigenvalue weighted by Gasteiger charge is 2.37. The van der Waals surface area contributed by atoms with E-state index in [0.29, 0.717) is 6.04 Å². The zero-order valence-corrected chi connectivity index (χ0v) is 9.58. The molecule has 2 nitrogen and oxygen atoms in total. The Kier molecular flexibility index (Phi) is 3.13. The summed E-state index contributed by atoms with van der Waals surface area (Å²) in [5.74, 6) is 2.86. The van der Waals surface area contributed by atoms with Crippen molar-refractivity contribution in [1.82, 2.24) is 4.90 Å². The second-order valence-corrected chi connectivity index (χ2v) is 5.49. The minimum absolute atomic E-state index is 0.428. The lowest BCUT2D eigenvalue weighted by Gasteiger charge is -2.45. The minimum atomic E-state index is 0.428.